The van der Waals surface area contributed by atoms with Crippen molar-refractivity contribution >= 4 is 44.8 Å². The molecular formula is C19H19Cl2FN2O3S. The first kappa shape index (κ1) is 21.0. The van der Waals surface area contributed by atoms with Gasteiger partial charge < -0.3 is 5.32 Å². The van der Waals surface area contributed by atoms with E-state index in [4.69, 9.17) is 23.2 Å². The van der Waals surface area contributed by atoms with Crippen molar-refractivity contribution in [2.75, 3.05) is 18.4 Å². The topological polar surface area (TPSA) is 66.5 Å². The van der Waals surface area contributed by atoms with Gasteiger partial charge in [-0.2, -0.15) is 4.31 Å². The molecule has 1 aliphatic rings. The maximum atomic E-state index is 14.0. The van der Waals surface area contributed by atoms with Crippen LogP contribution < -0.4 is 5.32 Å². The van der Waals surface area contributed by atoms with Gasteiger partial charge >= 0.3 is 0 Å². The fraction of sp³-hybridized carbons (Fsp3) is 0.316. The summed E-state index contributed by atoms with van der Waals surface area (Å²) in [6.07, 6.45) is 1.74. The van der Waals surface area contributed by atoms with Crippen LogP contribution in [0.2, 0.25) is 10.0 Å². The molecule has 1 fully saturated rings. The van der Waals surface area contributed by atoms with E-state index in [-0.39, 0.29) is 32.1 Å². The maximum Gasteiger partial charge on any atom is 0.255 e. The molecule has 1 atom stereocenters. The van der Waals surface area contributed by atoms with Crippen LogP contribution in [0.1, 0.15) is 30.1 Å². The zero-order chi connectivity index (χ0) is 20.5. The molecular weight excluding hydrogens is 426 g/mol. The van der Waals surface area contributed by atoms with Crippen molar-refractivity contribution in [3.8, 4) is 0 Å². The number of carbonyl (C=O) groups is 1. The number of piperidine rings is 1. The van der Waals surface area contributed by atoms with Gasteiger partial charge in [-0.1, -0.05) is 36.2 Å². The first-order chi connectivity index (χ1) is 13.2. The molecule has 0 bridgehead atoms. The number of amides is 1. The summed E-state index contributed by atoms with van der Waals surface area (Å²) in [4.78, 5) is 12.4. The van der Waals surface area contributed by atoms with Gasteiger partial charge in [0.15, 0.2) is 5.82 Å². The summed E-state index contributed by atoms with van der Waals surface area (Å²) in [5.74, 6) is -1.18. The summed E-state index contributed by atoms with van der Waals surface area (Å²) in [6, 6.07) is 8.18. The van der Waals surface area contributed by atoms with Gasteiger partial charge in [0, 0.05) is 18.7 Å². The minimum absolute atomic E-state index is 0.0312. The Morgan fingerprint density at radius 1 is 1.21 bits per heavy atom. The smallest absolute Gasteiger partial charge is 0.255 e. The second-order valence-electron chi connectivity index (χ2n) is 6.81. The van der Waals surface area contributed by atoms with Crippen molar-refractivity contribution in [1.29, 1.82) is 0 Å². The fourth-order valence-corrected chi connectivity index (χ4v) is 5.41. The van der Waals surface area contributed by atoms with E-state index in [0.717, 1.165) is 12.8 Å². The predicted octanol–water partition coefficient (Wildman–Crippen LogP) is 4.81. The molecule has 1 amide bonds. The Morgan fingerprint density at radius 2 is 1.96 bits per heavy atom. The molecule has 0 aromatic heterocycles. The van der Waals surface area contributed by atoms with Crippen LogP contribution in [0, 0.1) is 11.7 Å². The maximum absolute atomic E-state index is 14.0. The van der Waals surface area contributed by atoms with Crippen molar-refractivity contribution in [2.24, 2.45) is 5.92 Å². The molecule has 1 N–H and O–H groups in total. The Labute approximate surface area is 173 Å². The molecule has 2 aromatic rings. The second-order valence-corrected chi connectivity index (χ2v) is 9.53. The molecule has 1 heterocycles. The van der Waals surface area contributed by atoms with Crippen LogP contribution in [0.4, 0.5) is 10.1 Å². The molecule has 0 saturated carbocycles. The number of anilines is 1. The van der Waals surface area contributed by atoms with Gasteiger partial charge in [0.25, 0.3) is 5.91 Å². The first-order valence-corrected chi connectivity index (χ1v) is 10.9. The lowest BCUT2D eigenvalue weighted by Gasteiger charge is -2.30. The van der Waals surface area contributed by atoms with E-state index < -0.39 is 21.7 Å². The number of sulfonamides is 1. The molecule has 0 aliphatic carbocycles. The Hall–Kier alpha value is -1.67. The number of nitrogens with one attached hydrogen (secondary N) is 1. The highest BCUT2D eigenvalue weighted by Crippen LogP contribution is 2.30. The van der Waals surface area contributed by atoms with Gasteiger partial charge in [0.05, 0.1) is 15.7 Å². The monoisotopic (exact) mass is 444 g/mol. The number of hydrogen-bond donors (Lipinski definition) is 1. The molecule has 1 saturated heterocycles. The van der Waals surface area contributed by atoms with Gasteiger partial charge in [-0.25, -0.2) is 12.8 Å². The van der Waals surface area contributed by atoms with Crippen molar-refractivity contribution < 1.29 is 17.6 Å². The predicted molar refractivity (Wildman–Crippen MR) is 108 cm³/mol. The average Bonchev–Trinajstić information content (AvgIpc) is 2.65. The lowest BCUT2D eigenvalue weighted by molar-refractivity contribution is 0.102. The highest BCUT2D eigenvalue weighted by atomic mass is 35.5. The average molecular weight is 445 g/mol. The summed E-state index contributed by atoms with van der Waals surface area (Å²) in [5, 5.41) is 2.31. The van der Waals surface area contributed by atoms with Crippen LogP contribution in [0.3, 0.4) is 0 Å². The first-order valence-electron chi connectivity index (χ1n) is 8.75. The molecule has 0 radical (unpaired) electrons. The highest BCUT2D eigenvalue weighted by molar-refractivity contribution is 7.89. The number of halogens is 3. The van der Waals surface area contributed by atoms with E-state index in [2.05, 4.69) is 5.32 Å². The molecule has 150 valence electrons. The number of rotatable bonds is 4. The molecule has 9 heteroatoms. The number of hydrogen-bond acceptors (Lipinski definition) is 3. The molecule has 3 rings (SSSR count). The van der Waals surface area contributed by atoms with E-state index in [1.54, 1.807) is 0 Å². The minimum atomic E-state index is -3.84. The van der Waals surface area contributed by atoms with Crippen LogP contribution in [0.15, 0.2) is 41.3 Å². The van der Waals surface area contributed by atoms with Crippen molar-refractivity contribution in [1.82, 2.24) is 4.31 Å². The second kappa shape index (κ2) is 8.37. The standard InChI is InChI=1S/C19H19Cl2FN2O3S/c1-12-4-3-9-24(11-12)28(26,27)17-10-13(7-8-14(17)20)19(25)23-16-6-2-5-15(21)18(16)22/h2,5-8,10,12H,3-4,9,11H2,1H3,(H,23,25). The van der Waals surface area contributed by atoms with E-state index >= 15 is 0 Å². The largest absolute Gasteiger partial charge is 0.319 e. The zero-order valence-corrected chi connectivity index (χ0v) is 17.4. The molecule has 28 heavy (non-hydrogen) atoms. The molecule has 0 spiro atoms. The summed E-state index contributed by atoms with van der Waals surface area (Å²) in [6.45, 7) is 2.81. The minimum Gasteiger partial charge on any atom is -0.319 e. The third-order valence-electron chi connectivity index (χ3n) is 4.63. The summed E-state index contributed by atoms with van der Waals surface area (Å²) in [5.41, 5.74) is -0.0471. The van der Waals surface area contributed by atoms with Crippen molar-refractivity contribution in [3.63, 3.8) is 0 Å². The van der Waals surface area contributed by atoms with E-state index in [1.165, 1.54) is 40.7 Å². The summed E-state index contributed by atoms with van der Waals surface area (Å²) in [7, 11) is -3.84. The molecule has 1 unspecified atom stereocenters. The Bertz CT molecular complexity index is 1010. The lowest BCUT2D eigenvalue weighted by Crippen LogP contribution is -2.39. The Balaban J connectivity index is 1.90. The van der Waals surface area contributed by atoms with Crippen LogP contribution in [0.5, 0.6) is 0 Å². The van der Waals surface area contributed by atoms with Crippen LogP contribution in [-0.4, -0.2) is 31.7 Å². The van der Waals surface area contributed by atoms with E-state index in [0.29, 0.717) is 13.1 Å². The summed E-state index contributed by atoms with van der Waals surface area (Å²) >= 11 is 11.9. The third kappa shape index (κ3) is 4.33. The SMILES string of the molecule is CC1CCCN(S(=O)(=O)c2cc(C(=O)Nc3cccc(Cl)c3F)ccc2Cl)C1. The van der Waals surface area contributed by atoms with Gasteiger partial charge in [0.1, 0.15) is 4.90 Å². The van der Waals surface area contributed by atoms with Gasteiger partial charge in [-0.15, -0.1) is 0 Å². The highest BCUT2D eigenvalue weighted by Gasteiger charge is 2.31. The normalized spacial score (nSPS) is 18.1. The molecule has 2 aromatic carbocycles. The third-order valence-corrected chi connectivity index (χ3v) is 7.27. The number of carbonyl (C=O) groups excluding carboxylic acids is 1. The number of benzene rings is 2. The Morgan fingerprint density at radius 3 is 2.68 bits per heavy atom. The number of nitrogens with zero attached hydrogens (tertiary/aromatic N) is 1. The van der Waals surface area contributed by atoms with Crippen LogP contribution in [0.25, 0.3) is 0 Å². The summed E-state index contributed by atoms with van der Waals surface area (Å²) < 4.78 is 41.4. The van der Waals surface area contributed by atoms with Crippen molar-refractivity contribution in [2.45, 2.75) is 24.7 Å². The van der Waals surface area contributed by atoms with Gasteiger partial charge in [0.2, 0.25) is 10.0 Å². The molecule has 1 aliphatic heterocycles. The fourth-order valence-electron chi connectivity index (χ4n) is 3.14. The van der Waals surface area contributed by atoms with Crippen molar-refractivity contribution in [3.05, 3.63) is 57.8 Å². The zero-order valence-electron chi connectivity index (χ0n) is 15.1. The molecule has 5 nitrogen and oxygen atoms in total. The van der Waals surface area contributed by atoms with Crippen LogP contribution in [-0.2, 0) is 10.0 Å². The van der Waals surface area contributed by atoms with Crippen LogP contribution >= 0.6 is 23.2 Å². The quantitative estimate of drug-likeness (QED) is 0.735. The van der Waals surface area contributed by atoms with Gasteiger partial charge in [-0.05, 0) is 49.1 Å². The lowest BCUT2D eigenvalue weighted by atomic mass is 10.0. The Kier molecular flexibility index (Phi) is 6.29. The van der Waals surface area contributed by atoms with Gasteiger partial charge in [-0.3, -0.25) is 4.79 Å². The van der Waals surface area contributed by atoms with E-state index in [1.807, 2.05) is 6.92 Å². The van der Waals surface area contributed by atoms with E-state index in [9.17, 15) is 17.6 Å².